The van der Waals surface area contributed by atoms with E-state index < -0.39 is 0 Å². The Morgan fingerprint density at radius 1 is 1.54 bits per heavy atom. The van der Waals surface area contributed by atoms with Crippen LogP contribution in [-0.2, 0) is 9.53 Å². The van der Waals surface area contributed by atoms with Gasteiger partial charge in [0.15, 0.2) is 0 Å². The van der Waals surface area contributed by atoms with E-state index in [0.717, 1.165) is 32.2 Å². The third kappa shape index (κ3) is 3.08. The van der Waals surface area contributed by atoms with Crippen molar-refractivity contribution in [2.75, 3.05) is 27.2 Å². The maximum atomic E-state index is 10.4. The summed E-state index contributed by atoms with van der Waals surface area (Å²) in [6, 6.07) is 0. The van der Waals surface area contributed by atoms with E-state index in [-0.39, 0.29) is 6.10 Å². The van der Waals surface area contributed by atoms with Crippen molar-refractivity contribution < 1.29 is 9.53 Å². The number of carbonyl (C=O) groups excluding carboxylic acids is 1. The maximum absolute atomic E-state index is 10.4. The quantitative estimate of drug-likeness (QED) is 0.610. The van der Waals surface area contributed by atoms with Crippen molar-refractivity contribution in [3.63, 3.8) is 0 Å². The Bertz CT molecular complexity index is 153. The fourth-order valence-electron chi connectivity index (χ4n) is 1.98. The van der Waals surface area contributed by atoms with Crippen molar-refractivity contribution in [2.24, 2.45) is 5.92 Å². The van der Waals surface area contributed by atoms with Crippen LogP contribution in [0.3, 0.4) is 0 Å². The maximum Gasteiger partial charge on any atom is 0.122 e. The van der Waals surface area contributed by atoms with Crippen molar-refractivity contribution >= 4 is 6.29 Å². The van der Waals surface area contributed by atoms with Gasteiger partial charge in [0, 0.05) is 13.5 Å². The molecule has 0 aromatic rings. The highest BCUT2D eigenvalue weighted by Gasteiger charge is 2.24. The lowest BCUT2D eigenvalue weighted by atomic mass is 9.90. The van der Waals surface area contributed by atoms with Gasteiger partial charge in [-0.2, -0.15) is 0 Å². The Balaban J connectivity index is 2.36. The normalized spacial score (nSPS) is 22.9. The van der Waals surface area contributed by atoms with Gasteiger partial charge in [0.1, 0.15) is 6.29 Å². The van der Waals surface area contributed by atoms with Gasteiger partial charge in [-0.3, -0.25) is 0 Å². The van der Waals surface area contributed by atoms with E-state index in [1.165, 1.54) is 0 Å². The minimum Gasteiger partial charge on any atom is -0.381 e. The van der Waals surface area contributed by atoms with Crippen LogP contribution in [0.5, 0.6) is 0 Å². The van der Waals surface area contributed by atoms with Crippen LogP contribution in [0.1, 0.15) is 19.3 Å². The molecule has 13 heavy (non-hydrogen) atoms. The van der Waals surface area contributed by atoms with Crippen LogP contribution in [0.15, 0.2) is 0 Å². The summed E-state index contributed by atoms with van der Waals surface area (Å²) in [6.45, 7) is 2.26. The third-order valence-electron chi connectivity index (χ3n) is 2.92. The lowest BCUT2D eigenvalue weighted by molar-refractivity contribution is -0.111. The summed E-state index contributed by atoms with van der Waals surface area (Å²) in [7, 11) is 3.84. The summed E-state index contributed by atoms with van der Waals surface area (Å²) in [4.78, 5) is 12.7. The van der Waals surface area contributed by atoms with Gasteiger partial charge in [-0.1, -0.05) is 0 Å². The summed E-state index contributed by atoms with van der Waals surface area (Å²) in [6.07, 6.45) is 3.97. The fraction of sp³-hybridized carbons (Fsp3) is 0.900. The zero-order valence-corrected chi connectivity index (χ0v) is 8.53. The number of ether oxygens (including phenoxy) is 1. The SMILES string of the molecule is COC(CC=O)C1CCN(C)CC1. The smallest absolute Gasteiger partial charge is 0.122 e. The Morgan fingerprint density at radius 2 is 2.15 bits per heavy atom. The first-order valence-corrected chi connectivity index (χ1v) is 4.93. The van der Waals surface area contributed by atoms with Crippen molar-refractivity contribution in [1.29, 1.82) is 0 Å². The third-order valence-corrected chi connectivity index (χ3v) is 2.92. The fourth-order valence-corrected chi connectivity index (χ4v) is 1.98. The molecule has 0 aromatic carbocycles. The first-order valence-electron chi connectivity index (χ1n) is 4.93. The molecule has 1 aliphatic rings. The molecule has 3 nitrogen and oxygen atoms in total. The second-order valence-electron chi connectivity index (χ2n) is 3.82. The summed E-state index contributed by atoms with van der Waals surface area (Å²) in [5, 5.41) is 0. The predicted molar refractivity (Wildman–Crippen MR) is 51.7 cm³/mol. The summed E-state index contributed by atoms with van der Waals surface area (Å²) in [5.41, 5.74) is 0. The molecule has 1 heterocycles. The molecule has 0 N–H and O–H groups in total. The number of rotatable bonds is 4. The zero-order valence-electron chi connectivity index (χ0n) is 8.53. The lowest BCUT2D eigenvalue weighted by Crippen LogP contribution is -2.36. The molecular weight excluding hydrogens is 166 g/mol. The number of hydrogen-bond acceptors (Lipinski definition) is 3. The van der Waals surface area contributed by atoms with Crippen molar-refractivity contribution in [2.45, 2.75) is 25.4 Å². The van der Waals surface area contributed by atoms with Crippen LogP contribution in [0.2, 0.25) is 0 Å². The van der Waals surface area contributed by atoms with Gasteiger partial charge in [0.2, 0.25) is 0 Å². The average Bonchev–Trinajstić information content (AvgIpc) is 2.16. The highest BCUT2D eigenvalue weighted by atomic mass is 16.5. The number of methoxy groups -OCH3 is 1. The molecular formula is C10H19NO2. The van der Waals surface area contributed by atoms with Gasteiger partial charge in [-0.05, 0) is 38.9 Å². The number of hydrogen-bond donors (Lipinski definition) is 0. The number of likely N-dealkylation sites (tertiary alicyclic amines) is 1. The molecule has 1 saturated heterocycles. The van der Waals surface area contributed by atoms with Crippen LogP contribution >= 0.6 is 0 Å². The summed E-state index contributed by atoms with van der Waals surface area (Å²) < 4.78 is 5.32. The topological polar surface area (TPSA) is 29.5 Å². The van der Waals surface area contributed by atoms with Crippen LogP contribution in [0, 0.1) is 5.92 Å². The van der Waals surface area contributed by atoms with Crippen LogP contribution < -0.4 is 0 Å². The largest absolute Gasteiger partial charge is 0.381 e. The van der Waals surface area contributed by atoms with Gasteiger partial charge in [0.05, 0.1) is 6.10 Å². The Labute approximate surface area is 80.1 Å². The monoisotopic (exact) mass is 185 g/mol. The standard InChI is InChI=1S/C10H19NO2/c1-11-6-3-9(4-7-11)10(13-2)5-8-12/h8-10H,3-7H2,1-2H3. The van der Waals surface area contributed by atoms with Gasteiger partial charge in [-0.25, -0.2) is 0 Å². The molecule has 0 amide bonds. The summed E-state index contributed by atoms with van der Waals surface area (Å²) >= 11 is 0. The van der Waals surface area contributed by atoms with Gasteiger partial charge in [-0.15, -0.1) is 0 Å². The van der Waals surface area contributed by atoms with E-state index in [1.807, 2.05) is 0 Å². The zero-order chi connectivity index (χ0) is 9.68. The molecule has 0 saturated carbocycles. The van der Waals surface area contributed by atoms with Crippen molar-refractivity contribution in [3.05, 3.63) is 0 Å². The molecule has 0 aliphatic carbocycles. The van der Waals surface area contributed by atoms with E-state index in [4.69, 9.17) is 4.74 Å². The van der Waals surface area contributed by atoms with Crippen LogP contribution in [0.4, 0.5) is 0 Å². The number of nitrogens with zero attached hydrogens (tertiary/aromatic N) is 1. The minimum atomic E-state index is 0.145. The number of aldehydes is 1. The molecule has 1 fully saturated rings. The molecule has 0 aromatic heterocycles. The Hall–Kier alpha value is -0.410. The van der Waals surface area contributed by atoms with E-state index in [9.17, 15) is 4.79 Å². The average molecular weight is 185 g/mol. The Morgan fingerprint density at radius 3 is 2.62 bits per heavy atom. The highest BCUT2D eigenvalue weighted by molar-refractivity contribution is 5.50. The molecule has 1 rings (SSSR count). The lowest BCUT2D eigenvalue weighted by Gasteiger charge is -2.32. The predicted octanol–water partition coefficient (Wildman–Crippen LogP) is 0.932. The van der Waals surface area contributed by atoms with E-state index >= 15 is 0 Å². The molecule has 0 radical (unpaired) electrons. The summed E-state index contributed by atoms with van der Waals surface area (Å²) in [5.74, 6) is 0.575. The second kappa shape index (κ2) is 5.35. The molecule has 1 aliphatic heterocycles. The first kappa shape index (κ1) is 10.7. The van der Waals surface area contributed by atoms with Gasteiger partial charge in [0.25, 0.3) is 0 Å². The number of piperidine rings is 1. The van der Waals surface area contributed by atoms with E-state index in [2.05, 4.69) is 11.9 Å². The molecule has 1 atom stereocenters. The van der Waals surface area contributed by atoms with E-state index in [0.29, 0.717) is 12.3 Å². The molecule has 1 unspecified atom stereocenters. The van der Waals surface area contributed by atoms with Crippen molar-refractivity contribution in [3.8, 4) is 0 Å². The first-order chi connectivity index (χ1) is 6.27. The van der Waals surface area contributed by atoms with Gasteiger partial charge < -0.3 is 14.4 Å². The van der Waals surface area contributed by atoms with Crippen molar-refractivity contribution in [1.82, 2.24) is 4.90 Å². The molecule has 76 valence electrons. The van der Waals surface area contributed by atoms with Crippen LogP contribution in [0.25, 0.3) is 0 Å². The van der Waals surface area contributed by atoms with E-state index in [1.54, 1.807) is 7.11 Å². The molecule has 0 bridgehead atoms. The minimum absolute atomic E-state index is 0.145. The second-order valence-corrected chi connectivity index (χ2v) is 3.82. The Kier molecular flexibility index (Phi) is 4.39. The molecule has 3 heteroatoms. The van der Waals surface area contributed by atoms with Crippen LogP contribution in [-0.4, -0.2) is 44.5 Å². The highest BCUT2D eigenvalue weighted by Crippen LogP contribution is 2.22. The number of carbonyl (C=O) groups is 1. The molecule has 0 spiro atoms. The van der Waals surface area contributed by atoms with Gasteiger partial charge >= 0.3 is 0 Å².